The maximum Gasteiger partial charge on any atom is 2.00 e. The van der Waals surface area contributed by atoms with E-state index in [9.17, 15) is 0 Å². The van der Waals surface area contributed by atoms with Gasteiger partial charge in [-0.05, 0) is 24.7 Å². The number of halogens is 1. The first-order valence-electron chi connectivity index (χ1n) is 5.32. The number of benzene rings is 1. The molecule has 1 saturated carbocycles. The topological polar surface area (TPSA) is 0 Å². The first-order valence-corrected chi connectivity index (χ1v) is 5.32. The standard InChI is InChI=1S/C13H17.BrH.Mg/c1-11-7-9-13(10-8-11)12-5-3-2-4-6-12;;/h3-6,11,13H,7-10H2,1H3;1H;/q-1;;+2/p-1. The van der Waals surface area contributed by atoms with Gasteiger partial charge in [-0.25, -0.2) is 0 Å². The summed E-state index contributed by atoms with van der Waals surface area (Å²) in [4.78, 5) is 0. The predicted molar refractivity (Wildman–Crippen MR) is 61.4 cm³/mol. The zero-order chi connectivity index (χ0) is 9.10. The summed E-state index contributed by atoms with van der Waals surface area (Å²) in [6.07, 6.45) is 5.57. The summed E-state index contributed by atoms with van der Waals surface area (Å²) in [5.74, 6) is 1.78. The van der Waals surface area contributed by atoms with Crippen molar-refractivity contribution in [2.24, 2.45) is 5.92 Å². The molecule has 0 aromatic heterocycles. The van der Waals surface area contributed by atoms with Crippen LogP contribution in [0.5, 0.6) is 0 Å². The van der Waals surface area contributed by atoms with Gasteiger partial charge in [0.2, 0.25) is 0 Å². The Labute approximate surface area is 120 Å². The van der Waals surface area contributed by atoms with Crippen molar-refractivity contribution in [3.05, 3.63) is 35.9 Å². The molecule has 0 atom stereocenters. The molecular weight excluding hydrogens is 260 g/mol. The van der Waals surface area contributed by atoms with Crippen LogP contribution < -0.4 is 17.0 Å². The third-order valence-corrected chi connectivity index (χ3v) is 3.23. The molecule has 78 valence electrons. The van der Waals surface area contributed by atoms with Crippen molar-refractivity contribution in [1.29, 1.82) is 0 Å². The fourth-order valence-electron chi connectivity index (χ4n) is 2.27. The van der Waals surface area contributed by atoms with Crippen LogP contribution in [0.1, 0.15) is 44.1 Å². The van der Waals surface area contributed by atoms with Gasteiger partial charge in [0.1, 0.15) is 0 Å². The molecule has 1 aliphatic carbocycles. The molecule has 1 aromatic rings. The van der Waals surface area contributed by atoms with Crippen LogP contribution in [0, 0.1) is 12.0 Å². The van der Waals surface area contributed by atoms with Gasteiger partial charge in [-0.2, -0.15) is 35.9 Å². The van der Waals surface area contributed by atoms with Gasteiger partial charge in [-0.1, -0.05) is 19.8 Å². The predicted octanol–water partition coefficient (Wildman–Crippen LogP) is 0.404. The number of hydrogen-bond donors (Lipinski definition) is 0. The summed E-state index contributed by atoms with van der Waals surface area (Å²) in [5.41, 5.74) is 1.52. The minimum Gasteiger partial charge on any atom is -1.00 e. The van der Waals surface area contributed by atoms with Crippen molar-refractivity contribution >= 4 is 23.1 Å². The van der Waals surface area contributed by atoms with Crippen LogP contribution in [0.15, 0.2) is 24.3 Å². The van der Waals surface area contributed by atoms with Crippen molar-refractivity contribution in [3.63, 3.8) is 0 Å². The Morgan fingerprint density at radius 3 is 2.13 bits per heavy atom. The van der Waals surface area contributed by atoms with E-state index in [2.05, 4.69) is 25.1 Å². The normalized spacial score (nSPS) is 24.9. The van der Waals surface area contributed by atoms with Crippen molar-refractivity contribution in [2.75, 3.05) is 0 Å². The van der Waals surface area contributed by atoms with E-state index in [0.29, 0.717) is 0 Å². The van der Waals surface area contributed by atoms with Crippen LogP contribution >= 0.6 is 0 Å². The van der Waals surface area contributed by atoms with Crippen LogP contribution in [-0.2, 0) is 0 Å². The molecule has 0 aliphatic heterocycles. The van der Waals surface area contributed by atoms with Gasteiger partial charge < -0.3 is 17.0 Å². The van der Waals surface area contributed by atoms with Crippen LogP contribution in [0.25, 0.3) is 0 Å². The van der Waals surface area contributed by atoms with Gasteiger partial charge >= 0.3 is 23.1 Å². The minimum absolute atomic E-state index is 0. The molecule has 15 heavy (non-hydrogen) atoms. The Bertz CT molecular complexity index is 252. The Kier molecular flexibility index (Phi) is 7.93. The van der Waals surface area contributed by atoms with E-state index in [1.807, 2.05) is 12.1 Å². The van der Waals surface area contributed by atoms with E-state index < -0.39 is 0 Å². The van der Waals surface area contributed by atoms with Crippen LogP contribution in [0.2, 0.25) is 0 Å². The van der Waals surface area contributed by atoms with Crippen molar-refractivity contribution in [3.8, 4) is 0 Å². The van der Waals surface area contributed by atoms with Gasteiger partial charge in [-0.3, -0.25) is 0 Å². The quantitative estimate of drug-likeness (QED) is 0.515. The average Bonchev–Trinajstić information content (AvgIpc) is 2.20. The Morgan fingerprint density at radius 1 is 1.07 bits per heavy atom. The molecule has 2 rings (SSSR count). The van der Waals surface area contributed by atoms with E-state index in [0.717, 1.165) is 11.8 Å². The fourth-order valence-corrected chi connectivity index (χ4v) is 2.27. The van der Waals surface area contributed by atoms with E-state index >= 15 is 0 Å². The first kappa shape index (κ1) is 15.5. The van der Waals surface area contributed by atoms with Gasteiger partial charge in [0.25, 0.3) is 0 Å². The first-order chi connectivity index (χ1) is 6.36. The molecule has 2 heteroatoms. The number of hydrogen-bond acceptors (Lipinski definition) is 0. The Morgan fingerprint density at radius 2 is 1.60 bits per heavy atom. The number of rotatable bonds is 1. The second kappa shape index (κ2) is 7.69. The average molecular weight is 277 g/mol. The molecule has 0 saturated heterocycles. The molecular formula is C13H17BrMg. The molecule has 1 fully saturated rings. The zero-order valence-corrected chi connectivity index (χ0v) is 12.4. The van der Waals surface area contributed by atoms with Crippen molar-refractivity contribution in [1.82, 2.24) is 0 Å². The van der Waals surface area contributed by atoms with Crippen LogP contribution in [0.4, 0.5) is 0 Å². The summed E-state index contributed by atoms with van der Waals surface area (Å²) in [7, 11) is 0. The summed E-state index contributed by atoms with van der Waals surface area (Å²) in [5, 5.41) is 0. The van der Waals surface area contributed by atoms with Crippen LogP contribution in [-0.4, -0.2) is 23.1 Å². The van der Waals surface area contributed by atoms with E-state index in [1.54, 1.807) is 0 Å². The summed E-state index contributed by atoms with van der Waals surface area (Å²) in [6, 6.07) is 11.6. The molecule has 0 radical (unpaired) electrons. The summed E-state index contributed by atoms with van der Waals surface area (Å²) in [6.45, 7) is 2.37. The molecule has 0 unspecified atom stereocenters. The maximum absolute atomic E-state index is 3.08. The second-order valence-electron chi connectivity index (χ2n) is 4.29. The van der Waals surface area contributed by atoms with Crippen molar-refractivity contribution in [2.45, 2.75) is 38.5 Å². The third-order valence-electron chi connectivity index (χ3n) is 3.23. The largest absolute Gasteiger partial charge is 2.00 e. The van der Waals surface area contributed by atoms with Gasteiger partial charge in [-0.15, -0.1) is 0 Å². The smallest absolute Gasteiger partial charge is 1.00 e. The molecule has 0 heterocycles. The van der Waals surface area contributed by atoms with Crippen molar-refractivity contribution < 1.29 is 17.0 Å². The van der Waals surface area contributed by atoms with Gasteiger partial charge in [0.15, 0.2) is 0 Å². The fraction of sp³-hybridized carbons (Fsp3) is 0.538. The molecule has 0 spiro atoms. The third kappa shape index (κ3) is 4.45. The van der Waals surface area contributed by atoms with Gasteiger partial charge in [0, 0.05) is 0 Å². The second-order valence-corrected chi connectivity index (χ2v) is 4.29. The maximum atomic E-state index is 3.08. The Balaban J connectivity index is 0.000000980. The van der Waals surface area contributed by atoms with E-state index in [4.69, 9.17) is 0 Å². The molecule has 0 nitrogen and oxygen atoms in total. The Hall–Kier alpha value is 0.466. The minimum atomic E-state index is 0. The molecule has 0 amide bonds. The van der Waals surface area contributed by atoms with Gasteiger partial charge in [0.05, 0.1) is 0 Å². The molecule has 0 N–H and O–H groups in total. The summed E-state index contributed by atoms with van der Waals surface area (Å²) >= 11 is 0. The van der Waals surface area contributed by atoms with Crippen LogP contribution in [0.3, 0.4) is 0 Å². The summed E-state index contributed by atoms with van der Waals surface area (Å²) < 4.78 is 0. The van der Waals surface area contributed by atoms with E-state index in [-0.39, 0.29) is 40.0 Å². The molecule has 1 aliphatic rings. The van der Waals surface area contributed by atoms with E-state index in [1.165, 1.54) is 31.2 Å². The zero-order valence-electron chi connectivity index (χ0n) is 9.38. The molecule has 1 aromatic carbocycles. The SMILES string of the molecule is CC1CCC(c2cc[c-]cc2)CC1.[Br-].[Mg+2]. The monoisotopic (exact) mass is 276 g/mol. The molecule has 0 bridgehead atoms.